The van der Waals surface area contributed by atoms with Crippen LogP contribution in [0.5, 0.6) is 0 Å². The van der Waals surface area contributed by atoms with Crippen molar-refractivity contribution in [2.75, 3.05) is 18.5 Å². The van der Waals surface area contributed by atoms with Crippen LogP contribution in [0, 0.1) is 5.92 Å². The number of anilines is 1. The number of nitrogens with one attached hydrogen (secondary N) is 1. The van der Waals surface area contributed by atoms with E-state index in [2.05, 4.69) is 5.43 Å². The minimum atomic E-state index is -4.26. The van der Waals surface area contributed by atoms with E-state index in [1.807, 2.05) is 0 Å². The molecule has 0 saturated carbocycles. The van der Waals surface area contributed by atoms with Crippen LogP contribution < -0.4 is 11.3 Å². The molecule has 1 heterocycles. The van der Waals surface area contributed by atoms with Crippen LogP contribution in [0.3, 0.4) is 0 Å². The first-order valence-corrected chi connectivity index (χ1v) is 7.82. The number of hydrogen-bond donors (Lipinski definition) is 2. The van der Waals surface area contributed by atoms with Crippen LogP contribution in [-0.2, 0) is 10.0 Å². The molecule has 9 heteroatoms. The number of sulfonamides is 1. The molecule has 5 nitrogen and oxygen atoms in total. The van der Waals surface area contributed by atoms with Crippen molar-refractivity contribution in [3.8, 4) is 0 Å². The number of nitrogen functional groups attached to an aromatic ring is 1. The number of nitrogens with two attached hydrogens (primary N) is 1. The number of rotatable bonds is 3. The molecule has 1 saturated heterocycles. The molecule has 1 aliphatic rings. The van der Waals surface area contributed by atoms with Gasteiger partial charge in [0.1, 0.15) is 0 Å². The number of alkyl halides is 3. The Bertz CT molecular complexity index is 579. The highest BCUT2D eigenvalue weighted by molar-refractivity contribution is 7.89. The lowest BCUT2D eigenvalue weighted by molar-refractivity contribution is -0.182. The Balaban J connectivity index is 2.11. The lowest BCUT2D eigenvalue weighted by Crippen LogP contribution is -2.42. The number of piperidine rings is 1. The van der Waals surface area contributed by atoms with E-state index in [9.17, 15) is 21.6 Å². The van der Waals surface area contributed by atoms with Gasteiger partial charge >= 0.3 is 6.18 Å². The van der Waals surface area contributed by atoms with Crippen molar-refractivity contribution < 1.29 is 21.6 Å². The average Bonchev–Trinajstić information content (AvgIpc) is 2.46. The second-order valence-electron chi connectivity index (χ2n) is 4.89. The monoisotopic (exact) mass is 323 g/mol. The molecule has 1 fully saturated rings. The van der Waals surface area contributed by atoms with Gasteiger partial charge in [0.15, 0.2) is 0 Å². The van der Waals surface area contributed by atoms with Crippen molar-refractivity contribution in [3.05, 3.63) is 24.3 Å². The van der Waals surface area contributed by atoms with Gasteiger partial charge in [-0.15, -0.1) is 0 Å². The molecule has 21 heavy (non-hydrogen) atoms. The Morgan fingerprint density at radius 3 is 2.10 bits per heavy atom. The van der Waals surface area contributed by atoms with Gasteiger partial charge in [-0.05, 0) is 37.1 Å². The van der Waals surface area contributed by atoms with E-state index in [0.717, 1.165) is 4.31 Å². The van der Waals surface area contributed by atoms with Crippen molar-refractivity contribution >= 4 is 15.7 Å². The van der Waals surface area contributed by atoms with Crippen molar-refractivity contribution in [1.82, 2.24) is 4.31 Å². The largest absolute Gasteiger partial charge is 0.391 e. The third-order valence-corrected chi connectivity index (χ3v) is 5.49. The molecule has 1 aliphatic heterocycles. The quantitative estimate of drug-likeness (QED) is 0.658. The number of nitrogens with zero attached hydrogens (tertiary/aromatic N) is 1. The summed E-state index contributed by atoms with van der Waals surface area (Å²) in [5.74, 6) is 3.77. The molecular formula is C12H16F3N3O2S. The lowest BCUT2D eigenvalue weighted by Gasteiger charge is -2.32. The van der Waals surface area contributed by atoms with Gasteiger partial charge < -0.3 is 5.43 Å². The molecule has 0 bridgehead atoms. The van der Waals surface area contributed by atoms with Crippen LogP contribution in [0.25, 0.3) is 0 Å². The van der Waals surface area contributed by atoms with Gasteiger partial charge in [0.05, 0.1) is 10.8 Å². The molecule has 0 atom stereocenters. The predicted octanol–water partition coefficient (Wildman–Crippen LogP) is 1.94. The van der Waals surface area contributed by atoms with E-state index in [-0.39, 0.29) is 30.8 Å². The number of hydrogen-bond acceptors (Lipinski definition) is 4. The molecule has 0 aromatic heterocycles. The van der Waals surface area contributed by atoms with E-state index in [4.69, 9.17) is 5.84 Å². The molecule has 0 aliphatic carbocycles. The molecule has 0 unspecified atom stereocenters. The summed E-state index contributed by atoms with van der Waals surface area (Å²) in [6, 6.07) is 5.74. The molecular weight excluding hydrogens is 307 g/mol. The van der Waals surface area contributed by atoms with Crippen LogP contribution in [0.4, 0.5) is 18.9 Å². The van der Waals surface area contributed by atoms with Gasteiger partial charge in [-0.25, -0.2) is 8.42 Å². The van der Waals surface area contributed by atoms with Gasteiger partial charge in [-0.2, -0.15) is 17.5 Å². The lowest BCUT2D eigenvalue weighted by atomic mass is 9.98. The van der Waals surface area contributed by atoms with Crippen molar-refractivity contribution in [2.24, 2.45) is 11.8 Å². The average molecular weight is 323 g/mol. The van der Waals surface area contributed by atoms with Gasteiger partial charge in [0, 0.05) is 18.8 Å². The summed E-state index contributed by atoms with van der Waals surface area (Å²) in [7, 11) is -3.76. The number of halogens is 3. The molecule has 118 valence electrons. The van der Waals surface area contributed by atoms with E-state index < -0.39 is 22.1 Å². The number of benzene rings is 1. The van der Waals surface area contributed by atoms with Crippen LogP contribution >= 0.6 is 0 Å². The fourth-order valence-corrected chi connectivity index (χ4v) is 3.77. The fourth-order valence-electron chi connectivity index (χ4n) is 2.30. The topological polar surface area (TPSA) is 75.4 Å². The first-order chi connectivity index (χ1) is 9.75. The maximum Gasteiger partial charge on any atom is 0.391 e. The van der Waals surface area contributed by atoms with Crippen LogP contribution in [0.15, 0.2) is 29.2 Å². The Morgan fingerprint density at radius 1 is 1.14 bits per heavy atom. The number of hydrazine groups is 1. The minimum Gasteiger partial charge on any atom is -0.324 e. The normalized spacial score (nSPS) is 18.7. The summed E-state index contributed by atoms with van der Waals surface area (Å²) in [4.78, 5) is 0.0481. The summed E-state index contributed by atoms with van der Waals surface area (Å²) in [5.41, 5.74) is 2.92. The van der Waals surface area contributed by atoms with E-state index in [0.29, 0.717) is 5.69 Å². The maximum atomic E-state index is 12.6. The third-order valence-electron chi connectivity index (χ3n) is 3.58. The van der Waals surface area contributed by atoms with E-state index >= 15 is 0 Å². The summed E-state index contributed by atoms with van der Waals surface area (Å²) in [6.45, 7) is -0.243. The van der Waals surface area contributed by atoms with E-state index in [1.54, 1.807) is 0 Å². The van der Waals surface area contributed by atoms with Crippen LogP contribution in [0.1, 0.15) is 12.8 Å². The Hall–Kier alpha value is -1.32. The molecule has 3 N–H and O–H groups in total. The predicted molar refractivity (Wildman–Crippen MR) is 71.8 cm³/mol. The maximum absolute atomic E-state index is 12.6. The SMILES string of the molecule is NNc1ccc(S(=O)(=O)N2CCC(C(F)(F)F)CC2)cc1. The van der Waals surface area contributed by atoms with Gasteiger partial charge in [-0.1, -0.05) is 0 Å². The highest BCUT2D eigenvalue weighted by atomic mass is 32.2. The van der Waals surface area contributed by atoms with E-state index in [1.165, 1.54) is 24.3 Å². The zero-order chi connectivity index (χ0) is 15.7. The standard InChI is InChI=1S/C12H16F3N3O2S/c13-12(14,15)9-5-7-18(8-6-9)21(19,20)11-3-1-10(17-16)2-4-11/h1-4,9,17H,5-8,16H2. The summed E-state index contributed by atoms with van der Waals surface area (Å²) >= 11 is 0. The molecule has 2 rings (SSSR count). The van der Waals surface area contributed by atoms with Crippen molar-refractivity contribution in [2.45, 2.75) is 23.9 Å². The smallest absolute Gasteiger partial charge is 0.324 e. The Labute approximate surface area is 120 Å². The zero-order valence-corrected chi connectivity index (χ0v) is 11.9. The second-order valence-corrected chi connectivity index (χ2v) is 6.83. The molecule has 0 amide bonds. The molecule has 1 aromatic carbocycles. The van der Waals surface area contributed by atoms with Crippen molar-refractivity contribution in [3.63, 3.8) is 0 Å². The van der Waals surface area contributed by atoms with Crippen LogP contribution in [0.2, 0.25) is 0 Å². The van der Waals surface area contributed by atoms with Gasteiger partial charge in [0.2, 0.25) is 10.0 Å². The van der Waals surface area contributed by atoms with Gasteiger partial charge in [0.25, 0.3) is 0 Å². The first-order valence-electron chi connectivity index (χ1n) is 6.38. The highest BCUT2D eigenvalue weighted by Gasteiger charge is 2.42. The third kappa shape index (κ3) is 3.47. The second kappa shape index (κ2) is 5.82. The summed E-state index contributed by atoms with van der Waals surface area (Å²) in [6.07, 6.45) is -4.67. The fraction of sp³-hybridized carbons (Fsp3) is 0.500. The molecule has 0 radical (unpaired) electrons. The molecule has 1 aromatic rings. The van der Waals surface area contributed by atoms with Gasteiger partial charge in [-0.3, -0.25) is 5.84 Å². The minimum absolute atomic E-state index is 0.0481. The molecule has 0 spiro atoms. The highest BCUT2D eigenvalue weighted by Crippen LogP contribution is 2.35. The van der Waals surface area contributed by atoms with Crippen LogP contribution in [-0.4, -0.2) is 32.0 Å². The summed E-state index contributed by atoms with van der Waals surface area (Å²) in [5, 5.41) is 0. The Kier molecular flexibility index (Phi) is 4.45. The summed E-state index contributed by atoms with van der Waals surface area (Å²) < 4.78 is 63.5. The zero-order valence-electron chi connectivity index (χ0n) is 11.1. The van der Waals surface area contributed by atoms with Crippen molar-refractivity contribution in [1.29, 1.82) is 0 Å². The Morgan fingerprint density at radius 2 is 1.67 bits per heavy atom. The first kappa shape index (κ1) is 16.1.